The number of hydrogen-bond donors (Lipinski definition) is 0. The van der Waals surface area contributed by atoms with Crippen molar-refractivity contribution in [1.82, 2.24) is 0 Å². The number of aldehydes is 1. The quantitative estimate of drug-likeness (QED) is 0.515. The molecule has 92 valence electrons. The van der Waals surface area contributed by atoms with Gasteiger partial charge in [-0.3, -0.25) is 4.79 Å². The van der Waals surface area contributed by atoms with Gasteiger partial charge in [-0.15, -0.1) is 0 Å². The third kappa shape index (κ3) is 2.38. The molecular formula is C17H14NO+. The van der Waals surface area contributed by atoms with Gasteiger partial charge in [-0.25, -0.2) is 0 Å². The van der Waals surface area contributed by atoms with Crippen molar-refractivity contribution in [1.29, 1.82) is 0 Å². The Bertz CT molecular complexity index is 720. The number of nitrogens with zero attached hydrogens (tertiary/aromatic N) is 1. The molecule has 0 radical (unpaired) electrons. The monoisotopic (exact) mass is 248 g/mol. The molecule has 0 spiro atoms. The van der Waals surface area contributed by atoms with E-state index in [2.05, 4.69) is 22.9 Å². The van der Waals surface area contributed by atoms with Gasteiger partial charge in [0.05, 0.1) is 0 Å². The van der Waals surface area contributed by atoms with Crippen LogP contribution in [-0.4, -0.2) is 6.29 Å². The van der Waals surface area contributed by atoms with Crippen LogP contribution in [0.3, 0.4) is 0 Å². The van der Waals surface area contributed by atoms with Crippen LogP contribution in [0, 0.1) is 0 Å². The lowest BCUT2D eigenvalue weighted by molar-refractivity contribution is -0.662. The average molecular weight is 248 g/mol. The molecule has 0 atom stereocenters. The molecular weight excluding hydrogens is 234 g/mol. The first kappa shape index (κ1) is 11.6. The summed E-state index contributed by atoms with van der Waals surface area (Å²) < 4.78 is 2.19. The maximum Gasteiger partial charge on any atom is 0.212 e. The minimum Gasteiger partial charge on any atom is -0.298 e. The van der Waals surface area contributed by atoms with E-state index in [-0.39, 0.29) is 0 Å². The molecule has 0 bridgehead atoms. The minimum absolute atomic E-state index is 0.713. The zero-order valence-corrected chi connectivity index (χ0v) is 10.5. The van der Waals surface area contributed by atoms with Crippen molar-refractivity contribution < 1.29 is 9.36 Å². The predicted octanol–water partition coefficient (Wildman–Crippen LogP) is 2.99. The Hall–Kier alpha value is -2.48. The molecule has 1 heterocycles. The van der Waals surface area contributed by atoms with E-state index in [1.54, 1.807) is 0 Å². The van der Waals surface area contributed by atoms with Gasteiger partial charge in [0.2, 0.25) is 5.52 Å². The topological polar surface area (TPSA) is 20.9 Å². The second kappa shape index (κ2) is 5.02. The van der Waals surface area contributed by atoms with Gasteiger partial charge >= 0.3 is 0 Å². The summed E-state index contributed by atoms with van der Waals surface area (Å²) in [5.74, 6) is 0. The number of carbonyl (C=O) groups excluding carboxylic acids is 1. The van der Waals surface area contributed by atoms with Crippen LogP contribution in [0.1, 0.15) is 15.9 Å². The maximum absolute atomic E-state index is 10.8. The second-order valence-electron chi connectivity index (χ2n) is 4.56. The number of benzene rings is 2. The fraction of sp³-hybridized carbons (Fsp3) is 0.0588. The van der Waals surface area contributed by atoms with Gasteiger partial charge in [-0.1, -0.05) is 30.3 Å². The molecule has 0 saturated carbocycles. The fourth-order valence-electron chi connectivity index (χ4n) is 2.29. The van der Waals surface area contributed by atoms with Crippen LogP contribution >= 0.6 is 0 Å². The van der Waals surface area contributed by atoms with E-state index < -0.39 is 0 Å². The van der Waals surface area contributed by atoms with Gasteiger partial charge in [0.1, 0.15) is 6.29 Å². The van der Waals surface area contributed by atoms with Crippen LogP contribution < -0.4 is 4.57 Å². The molecule has 0 saturated heterocycles. The summed E-state index contributed by atoms with van der Waals surface area (Å²) >= 11 is 0. The van der Waals surface area contributed by atoms with E-state index in [1.807, 2.05) is 48.5 Å². The molecule has 2 nitrogen and oxygen atoms in total. The number of rotatable bonds is 3. The van der Waals surface area contributed by atoms with Crippen molar-refractivity contribution in [3.05, 3.63) is 78.0 Å². The Morgan fingerprint density at radius 2 is 1.79 bits per heavy atom. The Morgan fingerprint density at radius 1 is 0.947 bits per heavy atom. The van der Waals surface area contributed by atoms with Crippen molar-refractivity contribution in [3.63, 3.8) is 0 Å². The predicted molar refractivity (Wildman–Crippen MR) is 75.1 cm³/mol. The third-order valence-corrected chi connectivity index (χ3v) is 3.23. The zero-order valence-electron chi connectivity index (χ0n) is 10.5. The molecule has 0 unspecified atom stereocenters. The average Bonchev–Trinajstić information content (AvgIpc) is 2.48. The molecule has 0 amide bonds. The highest BCUT2D eigenvalue weighted by Crippen LogP contribution is 2.12. The van der Waals surface area contributed by atoms with Gasteiger partial charge in [0, 0.05) is 28.6 Å². The Morgan fingerprint density at radius 3 is 2.58 bits per heavy atom. The number of fused-ring (bicyclic) bond motifs is 1. The highest BCUT2D eigenvalue weighted by molar-refractivity contribution is 5.85. The summed E-state index contributed by atoms with van der Waals surface area (Å²) in [6.45, 7) is 0.832. The number of carbonyl (C=O) groups is 1. The van der Waals surface area contributed by atoms with E-state index >= 15 is 0 Å². The van der Waals surface area contributed by atoms with Gasteiger partial charge in [0.25, 0.3) is 0 Å². The first-order valence-electron chi connectivity index (χ1n) is 6.28. The van der Waals surface area contributed by atoms with Gasteiger partial charge in [-0.05, 0) is 18.2 Å². The van der Waals surface area contributed by atoms with E-state index in [0.717, 1.165) is 23.7 Å². The Labute approximate surface area is 111 Å². The molecule has 0 fully saturated rings. The first-order chi connectivity index (χ1) is 9.36. The van der Waals surface area contributed by atoms with Crippen LogP contribution in [0.15, 0.2) is 66.9 Å². The first-order valence-corrected chi connectivity index (χ1v) is 6.28. The van der Waals surface area contributed by atoms with Gasteiger partial charge in [0.15, 0.2) is 12.7 Å². The number of pyridine rings is 1. The van der Waals surface area contributed by atoms with E-state index in [4.69, 9.17) is 0 Å². The van der Waals surface area contributed by atoms with E-state index in [9.17, 15) is 4.79 Å². The zero-order chi connectivity index (χ0) is 13.1. The van der Waals surface area contributed by atoms with E-state index in [1.165, 1.54) is 5.56 Å². The highest BCUT2D eigenvalue weighted by atomic mass is 16.1. The van der Waals surface area contributed by atoms with Crippen molar-refractivity contribution in [2.45, 2.75) is 6.54 Å². The summed E-state index contributed by atoms with van der Waals surface area (Å²) in [6.07, 6.45) is 2.95. The largest absolute Gasteiger partial charge is 0.298 e. The molecule has 2 heteroatoms. The number of aromatic nitrogens is 1. The second-order valence-corrected chi connectivity index (χ2v) is 4.56. The lowest BCUT2D eigenvalue weighted by atomic mass is 10.1. The normalized spacial score (nSPS) is 10.5. The van der Waals surface area contributed by atoms with Crippen molar-refractivity contribution in [2.75, 3.05) is 0 Å². The molecule has 0 aliphatic carbocycles. The Balaban J connectivity index is 2.06. The Kier molecular flexibility index (Phi) is 3.07. The molecule has 19 heavy (non-hydrogen) atoms. The minimum atomic E-state index is 0.713. The van der Waals surface area contributed by atoms with Crippen LogP contribution in [0.2, 0.25) is 0 Å². The lowest BCUT2D eigenvalue weighted by Crippen LogP contribution is -2.34. The van der Waals surface area contributed by atoms with Crippen molar-refractivity contribution in [2.24, 2.45) is 0 Å². The smallest absolute Gasteiger partial charge is 0.212 e. The molecule has 0 N–H and O–H groups in total. The SMILES string of the molecule is O=Cc1ccc2c(ccc[n+]2Cc2ccccc2)c1. The molecule has 0 aliphatic heterocycles. The standard InChI is InChI=1S/C17H14NO/c19-13-15-8-9-17-16(11-15)7-4-10-18(17)12-14-5-2-1-3-6-14/h1-11,13H,12H2/q+1. The molecule has 2 aromatic carbocycles. The van der Waals surface area contributed by atoms with Gasteiger partial charge in [-0.2, -0.15) is 4.57 Å². The van der Waals surface area contributed by atoms with Crippen LogP contribution in [0.25, 0.3) is 10.9 Å². The van der Waals surface area contributed by atoms with Crippen LogP contribution in [0.5, 0.6) is 0 Å². The number of hydrogen-bond acceptors (Lipinski definition) is 1. The summed E-state index contributed by atoms with van der Waals surface area (Å²) in [5.41, 5.74) is 3.11. The van der Waals surface area contributed by atoms with Crippen LogP contribution in [-0.2, 0) is 6.54 Å². The van der Waals surface area contributed by atoms with Crippen LogP contribution in [0.4, 0.5) is 0 Å². The van der Waals surface area contributed by atoms with E-state index in [0.29, 0.717) is 5.56 Å². The van der Waals surface area contributed by atoms with Crippen molar-refractivity contribution >= 4 is 17.2 Å². The molecule has 3 aromatic rings. The highest BCUT2D eigenvalue weighted by Gasteiger charge is 2.09. The third-order valence-electron chi connectivity index (χ3n) is 3.23. The summed E-state index contributed by atoms with van der Waals surface area (Å²) in [4.78, 5) is 10.8. The van der Waals surface area contributed by atoms with Crippen molar-refractivity contribution in [3.8, 4) is 0 Å². The summed E-state index contributed by atoms with van der Waals surface area (Å²) in [7, 11) is 0. The maximum atomic E-state index is 10.8. The lowest BCUT2D eigenvalue weighted by Gasteiger charge is -2.02. The summed E-state index contributed by atoms with van der Waals surface area (Å²) in [5, 5.41) is 1.09. The molecule has 0 aliphatic rings. The van der Waals surface area contributed by atoms with Gasteiger partial charge < -0.3 is 0 Å². The molecule has 1 aromatic heterocycles. The molecule has 3 rings (SSSR count). The fourth-order valence-corrected chi connectivity index (χ4v) is 2.29. The summed E-state index contributed by atoms with van der Waals surface area (Å²) in [6, 6.07) is 20.2.